The van der Waals surface area contributed by atoms with E-state index in [0.717, 1.165) is 24.8 Å². The van der Waals surface area contributed by atoms with Crippen LogP contribution in [-0.4, -0.2) is 17.3 Å². The first-order valence-corrected chi connectivity index (χ1v) is 6.70. The molecule has 100 valence electrons. The Kier molecular flexibility index (Phi) is 6.10. The van der Waals surface area contributed by atoms with Gasteiger partial charge in [-0.2, -0.15) is 0 Å². The Morgan fingerprint density at radius 3 is 2.50 bits per heavy atom. The minimum Gasteiger partial charge on any atom is -0.385 e. The van der Waals surface area contributed by atoms with Crippen LogP contribution in [-0.2, 0) is 4.74 Å². The number of unbranched alkanes of at least 4 members (excludes halogenated alkanes) is 1. The molecule has 0 aromatic heterocycles. The first kappa shape index (κ1) is 14.9. The molecule has 2 atom stereocenters. The molecule has 18 heavy (non-hydrogen) atoms. The first-order chi connectivity index (χ1) is 8.70. The van der Waals surface area contributed by atoms with Crippen LogP contribution in [0.5, 0.6) is 0 Å². The maximum atomic E-state index is 10.6. The number of hydrogen-bond acceptors (Lipinski definition) is 2. The Morgan fingerprint density at radius 2 is 2.00 bits per heavy atom. The summed E-state index contributed by atoms with van der Waals surface area (Å²) in [5.41, 5.74) is 0.202. The van der Waals surface area contributed by atoms with Gasteiger partial charge in [0.15, 0.2) is 0 Å². The fourth-order valence-corrected chi connectivity index (χ4v) is 2.20. The number of aliphatic hydroxyl groups excluding tert-OH is 1. The number of hydrogen-bond donors (Lipinski definition) is 1. The summed E-state index contributed by atoms with van der Waals surface area (Å²) < 4.78 is 5.83. The second-order valence-corrected chi connectivity index (χ2v) is 4.51. The molecule has 0 aliphatic heterocycles. The molecule has 0 unspecified atom stereocenters. The first-order valence-electron chi connectivity index (χ1n) is 6.70. The van der Waals surface area contributed by atoms with Crippen LogP contribution in [0.3, 0.4) is 0 Å². The van der Waals surface area contributed by atoms with Crippen molar-refractivity contribution in [3.63, 3.8) is 0 Å². The lowest BCUT2D eigenvalue weighted by molar-refractivity contribution is -0.0956. The van der Waals surface area contributed by atoms with Gasteiger partial charge in [-0.3, -0.25) is 0 Å². The van der Waals surface area contributed by atoms with E-state index in [1.807, 2.05) is 37.3 Å². The SMILES string of the molecule is C=C[C@](CCCC)(OCC)[C@@H](O)c1ccccc1. The molecule has 0 amide bonds. The highest BCUT2D eigenvalue weighted by Crippen LogP contribution is 2.35. The monoisotopic (exact) mass is 248 g/mol. The molecule has 0 heterocycles. The zero-order chi connectivity index (χ0) is 13.4. The molecule has 0 radical (unpaired) electrons. The molecule has 0 saturated heterocycles. The number of aliphatic hydroxyl groups is 1. The fraction of sp³-hybridized carbons (Fsp3) is 0.500. The van der Waals surface area contributed by atoms with Crippen molar-refractivity contribution < 1.29 is 9.84 Å². The minimum atomic E-state index is -0.674. The van der Waals surface area contributed by atoms with Crippen LogP contribution in [0.1, 0.15) is 44.8 Å². The van der Waals surface area contributed by atoms with E-state index in [1.165, 1.54) is 0 Å². The van der Waals surface area contributed by atoms with Crippen LogP contribution in [0, 0.1) is 0 Å². The molecular formula is C16H24O2. The van der Waals surface area contributed by atoms with Gasteiger partial charge < -0.3 is 9.84 Å². The topological polar surface area (TPSA) is 29.5 Å². The van der Waals surface area contributed by atoms with Crippen molar-refractivity contribution in [1.82, 2.24) is 0 Å². The lowest BCUT2D eigenvalue weighted by Crippen LogP contribution is -2.37. The zero-order valence-corrected chi connectivity index (χ0v) is 11.4. The van der Waals surface area contributed by atoms with Crippen molar-refractivity contribution in [2.24, 2.45) is 0 Å². The van der Waals surface area contributed by atoms with Gasteiger partial charge in [-0.15, -0.1) is 6.58 Å². The lowest BCUT2D eigenvalue weighted by atomic mass is 9.86. The van der Waals surface area contributed by atoms with Gasteiger partial charge in [0.05, 0.1) is 0 Å². The van der Waals surface area contributed by atoms with Crippen LogP contribution in [0.15, 0.2) is 43.0 Å². The molecule has 2 nitrogen and oxygen atoms in total. The molecule has 1 aromatic carbocycles. The number of ether oxygens (including phenoxy) is 1. The van der Waals surface area contributed by atoms with Crippen molar-refractivity contribution in [2.45, 2.75) is 44.8 Å². The van der Waals surface area contributed by atoms with E-state index in [9.17, 15) is 5.11 Å². The molecule has 0 saturated carbocycles. The second kappa shape index (κ2) is 7.34. The Labute approximate surface area is 110 Å². The van der Waals surface area contributed by atoms with Crippen molar-refractivity contribution in [3.05, 3.63) is 48.6 Å². The molecule has 1 N–H and O–H groups in total. The standard InChI is InChI=1S/C16H24O2/c1-4-7-13-16(5-2,18-6-3)15(17)14-11-9-8-10-12-14/h5,8-12,15,17H,2,4,6-7,13H2,1,3H3/t15-,16+/m0/s1. The van der Waals surface area contributed by atoms with Crippen molar-refractivity contribution in [1.29, 1.82) is 0 Å². The highest BCUT2D eigenvalue weighted by molar-refractivity contribution is 5.23. The second-order valence-electron chi connectivity index (χ2n) is 4.51. The van der Waals surface area contributed by atoms with Gasteiger partial charge in [-0.05, 0) is 18.9 Å². The third-order valence-electron chi connectivity index (χ3n) is 3.26. The molecule has 0 bridgehead atoms. The average molecular weight is 248 g/mol. The predicted octanol–water partition coefficient (Wildman–Crippen LogP) is 3.87. The predicted molar refractivity (Wildman–Crippen MR) is 75.5 cm³/mol. The van der Waals surface area contributed by atoms with Gasteiger partial charge in [0.1, 0.15) is 11.7 Å². The highest BCUT2D eigenvalue weighted by Gasteiger charge is 2.36. The van der Waals surface area contributed by atoms with Crippen LogP contribution in [0.4, 0.5) is 0 Å². The molecule has 2 heteroatoms. The smallest absolute Gasteiger partial charge is 0.116 e. The van der Waals surface area contributed by atoms with Crippen LogP contribution in [0.25, 0.3) is 0 Å². The Bertz CT molecular complexity index is 347. The lowest BCUT2D eigenvalue weighted by Gasteiger charge is -2.35. The third kappa shape index (κ3) is 3.44. The number of benzene rings is 1. The van der Waals surface area contributed by atoms with Gasteiger partial charge in [-0.25, -0.2) is 0 Å². The summed E-state index contributed by atoms with van der Waals surface area (Å²) >= 11 is 0. The van der Waals surface area contributed by atoms with E-state index >= 15 is 0 Å². The summed E-state index contributed by atoms with van der Waals surface area (Å²) in [4.78, 5) is 0. The van der Waals surface area contributed by atoms with Crippen LogP contribution < -0.4 is 0 Å². The number of rotatable bonds is 8. The molecule has 0 aliphatic rings. The largest absolute Gasteiger partial charge is 0.385 e. The van der Waals surface area contributed by atoms with E-state index in [2.05, 4.69) is 13.5 Å². The Morgan fingerprint density at radius 1 is 1.33 bits per heavy atom. The Balaban J connectivity index is 2.97. The van der Waals surface area contributed by atoms with Gasteiger partial charge in [-0.1, -0.05) is 56.2 Å². The van der Waals surface area contributed by atoms with Gasteiger partial charge in [0.2, 0.25) is 0 Å². The molecule has 0 spiro atoms. The van der Waals surface area contributed by atoms with E-state index < -0.39 is 11.7 Å². The average Bonchev–Trinajstić information content (AvgIpc) is 2.44. The van der Waals surface area contributed by atoms with Crippen LogP contribution >= 0.6 is 0 Å². The Hall–Kier alpha value is -1.12. The van der Waals surface area contributed by atoms with E-state index in [4.69, 9.17) is 4.74 Å². The van der Waals surface area contributed by atoms with Gasteiger partial charge in [0, 0.05) is 6.61 Å². The van der Waals surface area contributed by atoms with Gasteiger partial charge in [0.25, 0.3) is 0 Å². The zero-order valence-electron chi connectivity index (χ0n) is 11.4. The molecule has 1 aromatic rings. The summed E-state index contributed by atoms with van der Waals surface area (Å²) in [6, 6.07) is 9.65. The van der Waals surface area contributed by atoms with Crippen molar-refractivity contribution >= 4 is 0 Å². The molecule has 1 rings (SSSR count). The molecule has 0 aliphatic carbocycles. The highest BCUT2D eigenvalue weighted by atomic mass is 16.5. The summed E-state index contributed by atoms with van der Waals surface area (Å²) in [7, 11) is 0. The maximum Gasteiger partial charge on any atom is 0.116 e. The summed E-state index contributed by atoms with van der Waals surface area (Å²) in [6.45, 7) is 8.52. The van der Waals surface area contributed by atoms with Gasteiger partial charge >= 0.3 is 0 Å². The van der Waals surface area contributed by atoms with Crippen molar-refractivity contribution in [3.8, 4) is 0 Å². The van der Waals surface area contributed by atoms with Crippen molar-refractivity contribution in [2.75, 3.05) is 6.61 Å². The molecular weight excluding hydrogens is 224 g/mol. The van der Waals surface area contributed by atoms with Crippen LogP contribution in [0.2, 0.25) is 0 Å². The quantitative estimate of drug-likeness (QED) is 0.708. The molecule has 0 fully saturated rings. The summed E-state index contributed by atoms with van der Waals surface area (Å²) in [5.74, 6) is 0. The van der Waals surface area contributed by atoms with E-state index in [0.29, 0.717) is 6.61 Å². The minimum absolute atomic E-state index is 0.569. The maximum absolute atomic E-state index is 10.6. The van der Waals surface area contributed by atoms with E-state index in [-0.39, 0.29) is 0 Å². The fourth-order valence-electron chi connectivity index (χ4n) is 2.20. The third-order valence-corrected chi connectivity index (χ3v) is 3.26. The summed E-state index contributed by atoms with van der Waals surface area (Å²) in [5, 5.41) is 10.6. The summed E-state index contributed by atoms with van der Waals surface area (Å²) in [6.07, 6.45) is 3.96. The van der Waals surface area contributed by atoms with E-state index in [1.54, 1.807) is 6.08 Å². The normalized spacial score (nSPS) is 15.9.